The molecule has 0 amide bonds. The van der Waals surface area contributed by atoms with E-state index in [0.717, 1.165) is 34.8 Å². The smallest absolute Gasteiger partial charge is 0.192 e. The number of benzene rings is 1. The number of allylic oxidation sites excluding steroid dienone is 1. The summed E-state index contributed by atoms with van der Waals surface area (Å²) in [5.41, 5.74) is 0. The number of piperidine rings is 1. The van der Waals surface area contributed by atoms with E-state index < -0.39 is 0 Å². The van der Waals surface area contributed by atoms with Crippen LogP contribution in [0.15, 0.2) is 42.1 Å². The van der Waals surface area contributed by atoms with Gasteiger partial charge in [-0.05, 0) is 38.1 Å². The summed E-state index contributed by atoms with van der Waals surface area (Å²) in [5.74, 6) is 3.34. The van der Waals surface area contributed by atoms with Crippen LogP contribution in [0, 0.1) is 0 Å². The van der Waals surface area contributed by atoms with Crippen molar-refractivity contribution in [2.24, 2.45) is 0 Å². The molecule has 3 heterocycles. The second-order valence-corrected chi connectivity index (χ2v) is 7.92. The van der Waals surface area contributed by atoms with E-state index in [-0.39, 0.29) is 6.10 Å². The van der Waals surface area contributed by atoms with Gasteiger partial charge in [0.2, 0.25) is 0 Å². The zero-order valence-corrected chi connectivity index (χ0v) is 16.4. The van der Waals surface area contributed by atoms with E-state index >= 15 is 0 Å². The molecule has 2 aliphatic heterocycles. The van der Waals surface area contributed by atoms with Gasteiger partial charge in [0.05, 0.1) is 0 Å². The number of fused-ring (bicyclic) bond motifs is 1. The Labute approximate surface area is 164 Å². The number of likely N-dealkylation sites (tertiary alicyclic amines) is 1. The van der Waals surface area contributed by atoms with E-state index in [1.807, 2.05) is 30.3 Å². The van der Waals surface area contributed by atoms with Crippen LogP contribution in [0.25, 0.3) is 0 Å². The van der Waals surface area contributed by atoms with Crippen LogP contribution in [-0.4, -0.2) is 51.7 Å². The minimum atomic E-state index is -0.260. The van der Waals surface area contributed by atoms with Gasteiger partial charge >= 0.3 is 0 Å². The molecule has 27 heavy (non-hydrogen) atoms. The van der Waals surface area contributed by atoms with Crippen LogP contribution >= 0.6 is 11.8 Å². The van der Waals surface area contributed by atoms with Gasteiger partial charge < -0.3 is 14.4 Å². The molecule has 2 aliphatic rings. The molecule has 1 unspecified atom stereocenters. The molecule has 1 aromatic heterocycles. The number of ether oxygens (including phenoxy) is 2. The molecule has 0 N–H and O–H groups in total. The minimum Gasteiger partial charge on any atom is -0.485 e. The lowest BCUT2D eigenvalue weighted by atomic mass is 10.1. The number of nitrogens with zero attached hydrogens (tertiary/aromatic N) is 4. The highest BCUT2D eigenvalue weighted by Crippen LogP contribution is 2.36. The van der Waals surface area contributed by atoms with E-state index in [4.69, 9.17) is 9.47 Å². The van der Waals surface area contributed by atoms with Gasteiger partial charge in [0.1, 0.15) is 6.61 Å². The average Bonchev–Trinajstić information content (AvgIpc) is 3.11. The predicted molar refractivity (Wildman–Crippen MR) is 107 cm³/mol. The number of hydrogen-bond donors (Lipinski definition) is 0. The van der Waals surface area contributed by atoms with Crippen LogP contribution in [0.1, 0.15) is 31.2 Å². The van der Waals surface area contributed by atoms with Crippen molar-refractivity contribution in [3.63, 3.8) is 0 Å². The van der Waals surface area contributed by atoms with E-state index in [1.54, 1.807) is 11.8 Å². The Morgan fingerprint density at radius 1 is 1.15 bits per heavy atom. The summed E-state index contributed by atoms with van der Waals surface area (Å²) in [5, 5.41) is 9.77. The van der Waals surface area contributed by atoms with Gasteiger partial charge in [-0.2, -0.15) is 0 Å². The standard InChI is InChI=1S/C20H26N4O2S/c1-2-10-24-19(18-15-25-16-8-4-5-9-17(16)26-18)21-22-20(24)27-14-13-23-11-6-3-7-12-23/h2,4-5,8-9,18H,1,3,6-7,10-15H2. The molecular formula is C20H26N4O2S. The third kappa shape index (κ3) is 4.30. The Kier molecular flexibility index (Phi) is 5.99. The van der Waals surface area contributed by atoms with Crippen molar-refractivity contribution in [3.8, 4) is 11.5 Å². The normalized spacial score (nSPS) is 19.8. The number of aromatic nitrogens is 3. The summed E-state index contributed by atoms with van der Waals surface area (Å²) in [6.07, 6.45) is 5.62. The summed E-state index contributed by atoms with van der Waals surface area (Å²) >= 11 is 1.75. The number of rotatable bonds is 7. The summed E-state index contributed by atoms with van der Waals surface area (Å²) < 4.78 is 14.1. The molecule has 1 aromatic carbocycles. The van der Waals surface area contributed by atoms with E-state index in [0.29, 0.717) is 13.2 Å². The SMILES string of the molecule is C=CCn1c(SCCN2CCCCC2)nnc1C1COc2ccccc2O1. The van der Waals surface area contributed by atoms with Crippen LogP contribution < -0.4 is 9.47 Å². The van der Waals surface area contributed by atoms with Crippen molar-refractivity contribution in [2.75, 3.05) is 32.0 Å². The van der Waals surface area contributed by atoms with Crippen molar-refractivity contribution in [1.29, 1.82) is 0 Å². The first-order valence-electron chi connectivity index (χ1n) is 9.63. The van der Waals surface area contributed by atoms with E-state index in [9.17, 15) is 0 Å². The third-order valence-electron chi connectivity index (χ3n) is 4.94. The summed E-state index contributed by atoms with van der Waals surface area (Å²) in [6, 6.07) is 7.73. The highest BCUT2D eigenvalue weighted by Gasteiger charge is 2.28. The van der Waals surface area contributed by atoms with Crippen LogP contribution in [0.4, 0.5) is 0 Å². The molecule has 1 fully saturated rings. The average molecular weight is 387 g/mol. The zero-order valence-electron chi connectivity index (χ0n) is 15.5. The molecule has 144 valence electrons. The molecule has 0 bridgehead atoms. The number of hydrogen-bond acceptors (Lipinski definition) is 6. The molecule has 0 saturated carbocycles. The Hall–Kier alpha value is -1.99. The van der Waals surface area contributed by atoms with Crippen LogP contribution in [0.5, 0.6) is 11.5 Å². The van der Waals surface area contributed by atoms with Gasteiger partial charge in [0, 0.05) is 18.8 Å². The molecule has 1 atom stereocenters. The molecule has 0 aliphatic carbocycles. The second kappa shape index (κ2) is 8.80. The van der Waals surface area contributed by atoms with Gasteiger partial charge in [-0.15, -0.1) is 16.8 Å². The zero-order chi connectivity index (χ0) is 18.5. The van der Waals surface area contributed by atoms with E-state index in [2.05, 4.69) is 26.2 Å². The second-order valence-electron chi connectivity index (χ2n) is 6.86. The van der Waals surface area contributed by atoms with E-state index in [1.165, 1.54) is 32.4 Å². The maximum atomic E-state index is 6.12. The first kappa shape index (κ1) is 18.4. The third-order valence-corrected chi connectivity index (χ3v) is 5.89. The summed E-state index contributed by atoms with van der Waals surface area (Å²) in [6.45, 7) is 8.52. The predicted octanol–water partition coefficient (Wildman–Crippen LogP) is 3.55. The van der Waals surface area contributed by atoms with Crippen LogP contribution in [0.2, 0.25) is 0 Å². The Morgan fingerprint density at radius 3 is 2.78 bits per heavy atom. The van der Waals surface area contributed by atoms with Crippen molar-refractivity contribution in [2.45, 2.75) is 37.1 Å². The molecule has 0 spiro atoms. The fraction of sp³-hybridized carbons (Fsp3) is 0.500. The van der Waals surface area contributed by atoms with Crippen molar-refractivity contribution < 1.29 is 9.47 Å². The van der Waals surface area contributed by atoms with Crippen molar-refractivity contribution in [3.05, 3.63) is 42.7 Å². The lowest BCUT2D eigenvalue weighted by molar-refractivity contribution is 0.0821. The fourth-order valence-electron chi connectivity index (χ4n) is 3.54. The quantitative estimate of drug-likeness (QED) is 0.536. The number of thioether (sulfide) groups is 1. The molecule has 2 aromatic rings. The highest BCUT2D eigenvalue weighted by atomic mass is 32.2. The first-order valence-corrected chi connectivity index (χ1v) is 10.6. The van der Waals surface area contributed by atoms with Crippen LogP contribution in [-0.2, 0) is 6.54 Å². The van der Waals surface area contributed by atoms with Gasteiger partial charge in [0.25, 0.3) is 0 Å². The lowest BCUT2D eigenvalue weighted by Gasteiger charge is -2.26. The Bertz CT molecular complexity index is 773. The van der Waals surface area contributed by atoms with Crippen molar-refractivity contribution in [1.82, 2.24) is 19.7 Å². The topological polar surface area (TPSA) is 52.4 Å². The largest absolute Gasteiger partial charge is 0.485 e. The Morgan fingerprint density at radius 2 is 1.96 bits per heavy atom. The maximum absolute atomic E-state index is 6.12. The van der Waals surface area contributed by atoms with Crippen molar-refractivity contribution >= 4 is 11.8 Å². The molecule has 4 rings (SSSR count). The molecule has 0 radical (unpaired) electrons. The number of para-hydroxylation sites is 2. The highest BCUT2D eigenvalue weighted by molar-refractivity contribution is 7.99. The summed E-state index contributed by atoms with van der Waals surface area (Å²) in [4.78, 5) is 2.54. The minimum absolute atomic E-state index is 0.260. The maximum Gasteiger partial charge on any atom is 0.192 e. The molecular weight excluding hydrogens is 360 g/mol. The van der Waals surface area contributed by atoms with Crippen LogP contribution in [0.3, 0.4) is 0 Å². The lowest BCUT2D eigenvalue weighted by Crippen LogP contribution is -2.31. The Balaban J connectivity index is 1.43. The molecule has 1 saturated heterocycles. The first-order chi connectivity index (χ1) is 13.3. The monoisotopic (exact) mass is 386 g/mol. The van der Waals surface area contributed by atoms with Gasteiger partial charge in [-0.1, -0.05) is 36.4 Å². The van der Waals surface area contributed by atoms with Gasteiger partial charge in [-0.25, -0.2) is 0 Å². The summed E-state index contributed by atoms with van der Waals surface area (Å²) in [7, 11) is 0. The molecule has 7 heteroatoms. The van der Waals surface area contributed by atoms with Gasteiger partial charge in [-0.3, -0.25) is 4.57 Å². The van der Waals surface area contributed by atoms with Gasteiger partial charge in [0.15, 0.2) is 28.6 Å². The molecule has 6 nitrogen and oxygen atoms in total. The fourth-order valence-corrected chi connectivity index (χ4v) is 4.50.